The molecule has 1 aliphatic rings. The van der Waals surface area contributed by atoms with E-state index >= 15 is 0 Å². The molecule has 1 aliphatic heterocycles. The van der Waals surface area contributed by atoms with Crippen molar-refractivity contribution in [2.45, 2.75) is 39.5 Å². The second-order valence-corrected chi connectivity index (χ2v) is 4.40. The lowest BCUT2D eigenvalue weighted by Gasteiger charge is -2.19. The number of ether oxygens (including phenoxy) is 1. The van der Waals surface area contributed by atoms with Gasteiger partial charge in [-0.2, -0.15) is 0 Å². The maximum atomic E-state index is 5.67. The van der Waals surface area contributed by atoms with Crippen molar-refractivity contribution in [3.8, 4) is 0 Å². The SMILES string of the molecule is CCCCO[C](C)CCC1=CC=CC=CN1C. The first-order chi connectivity index (χ1) is 8.24. The zero-order valence-electron chi connectivity index (χ0n) is 11.3. The lowest BCUT2D eigenvalue weighted by atomic mass is 10.1. The molecule has 2 heteroatoms. The van der Waals surface area contributed by atoms with Crippen molar-refractivity contribution in [2.75, 3.05) is 13.7 Å². The van der Waals surface area contributed by atoms with Gasteiger partial charge in [0.2, 0.25) is 0 Å². The maximum absolute atomic E-state index is 5.67. The van der Waals surface area contributed by atoms with E-state index in [1.165, 1.54) is 12.1 Å². The fourth-order valence-corrected chi connectivity index (χ4v) is 1.65. The molecule has 2 nitrogen and oxygen atoms in total. The number of rotatable bonds is 7. The summed E-state index contributed by atoms with van der Waals surface area (Å²) in [5.41, 5.74) is 1.33. The van der Waals surface area contributed by atoms with E-state index in [4.69, 9.17) is 4.74 Å². The maximum Gasteiger partial charge on any atom is 0.0943 e. The highest BCUT2D eigenvalue weighted by atomic mass is 16.5. The van der Waals surface area contributed by atoms with Crippen LogP contribution in [-0.2, 0) is 4.74 Å². The van der Waals surface area contributed by atoms with Crippen molar-refractivity contribution in [3.05, 3.63) is 42.3 Å². The zero-order chi connectivity index (χ0) is 12.5. The Morgan fingerprint density at radius 1 is 1.29 bits per heavy atom. The molecule has 0 unspecified atom stereocenters. The molecule has 0 aromatic heterocycles. The summed E-state index contributed by atoms with van der Waals surface area (Å²) in [6.45, 7) is 5.12. The molecule has 1 radical (unpaired) electrons. The minimum atomic E-state index is 0.858. The Hall–Kier alpha value is -1.02. The molecule has 1 heterocycles. The van der Waals surface area contributed by atoms with E-state index in [1.54, 1.807) is 0 Å². The monoisotopic (exact) mass is 234 g/mol. The third kappa shape index (κ3) is 5.73. The minimum absolute atomic E-state index is 0.858. The van der Waals surface area contributed by atoms with Crippen molar-refractivity contribution in [1.82, 2.24) is 4.90 Å². The smallest absolute Gasteiger partial charge is 0.0943 e. The van der Waals surface area contributed by atoms with Crippen molar-refractivity contribution < 1.29 is 4.74 Å². The topological polar surface area (TPSA) is 12.5 Å². The molecule has 0 amide bonds. The Morgan fingerprint density at radius 3 is 2.88 bits per heavy atom. The van der Waals surface area contributed by atoms with Gasteiger partial charge >= 0.3 is 0 Å². The molecule has 0 aliphatic carbocycles. The van der Waals surface area contributed by atoms with Gasteiger partial charge in [0, 0.05) is 25.6 Å². The Labute approximate surface area is 106 Å². The van der Waals surface area contributed by atoms with E-state index in [2.05, 4.69) is 56.3 Å². The standard InChI is InChI=1S/C15H24NO/c1-4-5-13-17-14(2)10-11-15-9-7-6-8-12-16(15)3/h6-9,12H,4-5,10-11,13H2,1-3H3. The largest absolute Gasteiger partial charge is 0.372 e. The van der Waals surface area contributed by atoms with Gasteiger partial charge in [0.1, 0.15) is 0 Å². The van der Waals surface area contributed by atoms with Crippen LogP contribution in [0.4, 0.5) is 0 Å². The Balaban J connectivity index is 2.27. The lowest BCUT2D eigenvalue weighted by molar-refractivity contribution is 0.137. The van der Waals surface area contributed by atoms with Gasteiger partial charge in [-0.25, -0.2) is 0 Å². The van der Waals surface area contributed by atoms with E-state index in [9.17, 15) is 0 Å². The van der Waals surface area contributed by atoms with Crippen molar-refractivity contribution in [2.24, 2.45) is 0 Å². The molecule has 0 atom stereocenters. The summed E-state index contributed by atoms with van der Waals surface area (Å²) in [4.78, 5) is 2.17. The number of nitrogens with zero attached hydrogens (tertiary/aromatic N) is 1. The Morgan fingerprint density at radius 2 is 2.12 bits per heavy atom. The summed E-state index contributed by atoms with van der Waals surface area (Å²) in [5.74, 6) is 0. The highest BCUT2D eigenvalue weighted by Gasteiger charge is 2.07. The molecule has 0 fully saturated rings. The van der Waals surface area contributed by atoms with Crippen LogP contribution in [0.25, 0.3) is 0 Å². The van der Waals surface area contributed by atoms with Crippen molar-refractivity contribution in [1.29, 1.82) is 0 Å². The summed E-state index contributed by atoms with van der Waals surface area (Å²) in [7, 11) is 2.09. The van der Waals surface area contributed by atoms with Gasteiger partial charge in [0.05, 0.1) is 6.10 Å². The van der Waals surface area contributed by atoms with Gasteiger partial charge in [0.15, 0.2) is 0 Å². The minimum Gasteiger partial charge on any atom is -0.372 e. The van der Waals surface area contributed by atoms with Gasteiger partial charge in [-0.15, -0.1) is 0 Å². The third-order valence-electron chi connectivity index (χ3n) is 2.85. The van der Waals surface area contributed by atoms with E-state index in [1.807, 2.05) is 0 Å². The molecule has 0 aromatic rings. The molecular weight excluding hydrogens is 210 g/mol. The molecule has 0 saturated carbocycles. The van der Waals surface area contributed by atoms with Gasteiger partial charge in [0.25, 0.3) is 0 Å². The Kier molecular flexibility index (Phi) is 6.71. The van der Waals surface area contributed by atoms with Gasteiger partial charge in [-0.05, 0) is 38.3 Å². The molecule has 17 heavy (non-hydrogen) atoms. The summed E-state index contributed by atoms with van der Waals surface area (Å²) >= 11 is 0. The molecule has 0 N–H and O–H groups in total. The fourth-order valence-electron chi connectivity index (χ4n) is 1.65. The molecule has 0 bridgehead atoms. The molecule has 95 valence electrons. The van der Waals surface area contributed by atoms with Gasteiger partial charge in [-0.1, -0.05) is 25.5 Å². The van der Waals surface area contributed by atoms with Crippen LogP contribution >= 0.6 is 0 Å². The van der Waals surface area contributed by atoms with Crippen LogP contribution in [0, 0.1) is 6.10 Å². The zero-order valence-corrected chi connectivity index (χ0v) is 11.3. The highest BCUT2D eigenvalue weighted by molar-refractivity contribution is 5.21. The first-order valence-electron chi connectivity index (χ1n) is 6.46. The molecular formula is C15H24NO. The summed E-state index contributed by atoms with van der Waals surface area (Å²) in [5, 5.41) is 0. The van der Waals surface area contributed by atoms with Crippen molar-refractivity contribution in [3.63, 3.8) is 0 Å². The second kappa shape index (κ2) is 8.13. The third-order valence-corrected chi connectivity index (χ3v) is 2.85. The quantitative estimate of drug-likeness (QED) is 0.617. The summed E-state index contributed by atoms with van der Waals surface area (Å²) in [6, 6.07) is 0. The molecule has 1 rings (SSSR count). The first kappa shape index (κ1) is 14.0. The fraction of sp³-hybridized carbons (Fsp3) is 0.533. The van der Waals surface area contributed by atoms with Crippen LogP contribution in [0.15, 0.2) is 36.2 Å². The van der Waals surface area contributed by atoms with E-state index in [0.717, 1.165) is 32.0 Å². The molecule has 0 saturated heterocycles. The van der Waals surface area contributed by atoms with Crippen LogP contribution in [-0.4, -0.2) is 18.6 Å². The normalized spacial score (nSPS) is 15.3. The van der Waals surface area contributed by atoms with E-state index in [-0.39, 0.29) is 0 Å². The average molecular weight is 234 g/mol. The van der Waals surface area contributed by atoms with Crippen molar-refractivity contribution >= 4 is 0 Å². The lowest BCUT2D eigenvalue weighted by Crippen LogP contribution is -2.11. The molecule has 0 aromatic carbocycles. The predicted octanol–water partition coefficient (Wildman–Crippen LogP) is 4.03. The Bertz CT molecular complexity index is 291. The molecule has 0 spiro atoms. The van der Waals surface area contributed by atoms with Gasteiger partial charge < -0.3 is 9.64 Å². The highest BCUT2D eigenvalue weighted by Crippen LogP contribution is 2.18. The number of unbranched alkanes of at least 4 members (excludes halogenated alkanes) is 1. The second-order valence-electron chi connectivity index (χ2n) is 4.40. The first-order valence-corrected chi connectivity index (χ1v) is 6.46. The predicted molar refractivity (Wildman–Crippen MR) is 73.1 cm³/mol. The van der Waals surface area contributed by atoms with Gasteiger partial charge in [-0.3, -0.25) is 0 Å². The summed E-state index contributed by atoms with van der Waals surface area (Å²) in [6.07, 6.45) is 16.0. The number of allylic oxidation sites excluding steroid dienone is 5. The van der Waals surface area contributed by atoms with E-state index < -0.39 is 0 Å². The average Bonchev–Trinajstić information content (AvgIpc) is 2.52. The van der Waals surface area contributed by atoms with Crippen LogP contribution in [0.5, 0.6) is 0 Å². The van der Waals surface area contributed by atoms with E-state index in [0.29, 0.717) is 0 Å². The van der Waals surface area contributed by atoms with Crippen LogP contribution in [0.1, 0.15) is 39.5 Å². The van der Waals surface area contributed by atoms with Crippen LogP contribution in [0.2, 0.25) is 0 Å². The van der Waals surface area contributed by atoms with Crippen LogP contribution in [0.3, 0.4) is 0 Å². The number of hydrogen-bond acceptors (Lipinski definition) is 2. The van der Waals surface area contributed by atoms with Crippen LogP contribution < -0.4 is 0 Å². The number of hydrogen-bond donors (Lipinski definition) is 0. The summed E-state index contributed by atoms with van der Waals surface area (Å²) < 4.78 is 5.67.